The number of nitrogen functional groups attached to an aromatic ring is 1. The summed E-state index contributed by atoms with van der Waals surface area (Å²) in [6, 6.07) is 1.67. The predicted molar refractivity (Wildman–Crippen MR) is 58.1 cm³/mol. The Bertz CT molecular complexity index is 474. The van der Waals surface area contributed by atoms with Crippen molar-refractivity contribution in [2.24, 2.45) is 0 Å². The molecule has 2 aromatic rings. The second kappa shape index (κ2) is 3.68. The Balaban J connectivity index is 2.48. The zero-order valence-electron chi connectivity index (χ0n) is 8.81. The van der Waals surface area contributed by atoms with Gasteiger partial charge in [0.1, 0.15) is 5.82 Å². The van der Waals surface area contributed by atoms with Gasteiger partial charge in [0.05, 0.1) is 11.3 Å². The van der Waals surface area contributed by atoms with Gasteiger partial charge >= 0.3 is 0 Å². The number of hydrogen-bond donors (Lipinski definition) is 1. The Morgan fingerprint density at radius 1 is 1.47 bits per heavy atom. The van der Waals surface area contributed by atoms with E-state index in [0.717, 1.165) is 17.8 Å². The van der Waals surface area contributed by atoms with Gasteiger partial charge in [-0.25, -0.2) is 9.97 Å². The van der Waals surface area contributed by atoms with E-state index in [0.29, 0.717) is 11.6 Å². The maximum absolute atomic E-state index is 5.61. The molecule has 0 radical (unpaired) electrons. The van der Waals surface area contributed by atoms with Gasteiger partial charge in [0.2, 0.25) is 0 Å². The van der Waals surface area contributed by atoms with Crippen molar-refractivity contribution in [3.05, 3.63) is 24.2 Å². The standard InChI is InChI=1S/C10H13N5/c1-3-15-6-8(7(2)14-15)10-12-5-4-9(11)13-10/h4-6H,3H2,1-2H3,(H2,11,12,13). The molecule has 0 saturated carbocycles. The van der Waals surface area contributed by atoms with Gasteiger partial charge in [0.15, 0.2) is 5.82 Å². The van der Waals surface area contributed by atoms with Gasteiger partial charge in [-0.15, -0.1) is 0 Å². The van der Waals surface area contributed by atoms with Crippen molar-refractivity contribution in [1.82, 2.24) is 19.7 Å². The van der Waals surface area contributed by atoms with Gasteiger partial charge in [-0.05, 0) is 19.9 Å². The number of aryl methyl sites for hydroxylation is 2. The lowest BCUT2D eigenvalue weighted by Gasteiger charge is -1.97. The third kappa shape index (κ3) is 1.81. The first kappa shape index (κ1) is 9.64. The highest BCUT2D eigenvalue weighted by Crippen LogP contribution is 2.18. The molecule has 15 heavy (non-hydrogen) atoms. The van der Waals surface area contributed by atoms with Gasteiger partial charge in [0, 0.05) is 18.9 Å². The molecule has 0 aliphatic carbocycles. The van der Waals surface area contributed by atoms with E-state index in [-0.39, 0.29) is 0 Å². The highest BCUT2D eigenvalue weighted by atomic mass is 15.3. The number of rotatable bonds is 2. The van der Waals surface area contributed by atoms with Gasteiger partial charge in [-0.3, -0.25) is 4.68 Å². The van der Waals surface area contributed by atoms with E-state index in [1.165, 1.54) is 0 Å². The van der Waals surface area contributed by atoms with Crippen LogP contribution in [0.5, 0.6) is 0 Å². The van der Waals surface area contributed by atoms with Gasteiger partial charge in [-0.2, -0.15) is 5.10 Å². The number of aromatic nitrogens is 4. The molecule has 5 nitrogen and oxygen atoms in total. The van der Waals surface area contributed by atoms with E-state index in [9.17, 15) is 0 Å². The molecule has 0 amide bonds. The molecular weight excluding hydrogens is 190 g/mol. The Kier molecular flexibility index (Phi) is 2.37. The fourth-order valence-electron chi connectivity index (χ4n) is 1.40. The molecule has 5 heteroatoms. The van der Waals surface area contributed by atoms with Crippen LogP contribution < -0.4 is 5.73 Å². The first-order valence-corrected chi connectivity index (χ1v) is 4.83. The molecule has 0 aliphatic rings. The highest BCUT2D eigenvalue weighted by Gasteiger charge is 2.09. The number of nitrogens with zero attached hydrogens (tertiary/aromatic N) is 4. The van der Waals surface area contributed by atoms with Crippen LogP contribution in [0.25, 0.3) is 11.4 Å². The largest absolute Gasteiger partial charge is 0.384 e. The molecule has 2 N–H and O–H groups in total. The van der Waals surface area contributed by atoms with Crippen LogP contribution in [-0.2, 0) is 6.54 Å². The Labute approximate surface area is 88.0 Å². The molecule has 78 valence electrons. The molecule has 0 atom stereocenters. The lowest BCUT2D eigenvalue weighted by Crippen LogP contribution is -1.94. The molecule has 2 aromatic heterocycles. The summed E-state index contributed by atoms with van der Waals surface area (Å²) in [5, 5.41) is 4.33. The molecule has 0 bridgehead atoms. The third-order valence-electron chi connectivity index (χ3n) is 2.19. The maximum Gasteiger partial charge on any atom is 0.164 e. The predicted octanol–water partition coefficient (Wildman–Crippen LogP) is 1.25. The highest BCUT2D eigenvalue weighted by molar-refractivity contribution is 5.57. The number of anilines is 1. The van der Waals surface area contributed by atoms with E-state index in [1.807, 2.05) is 24.7 Å². The molecule has 0 fully saturated rings. The first-order valence-electron chi connectivity index (χ1n) is 4.83. The monoisotopic (exact) mass is 203 g/mol. The van der Waals surface area contributed by atoms with E-state index in [2.05, 4.69) is 15.1 Å². The first-order chi connectivity index (χ1) is 7.20. The van der Waals surface area contributed by atoms with Crippen molar-refractivity contribution in [2.75, 3.05) is 5.73 Å². The van der Waals surface area contributed by atoms with Gasteiger partial charge in [-0.1, -0.05) is 0 Å². The van der Waals surface area contributed by atoms with Crippen molar-refractivity contribution >= 4 is 5.82 Å². The Morgan fingerprint density at radius 2 is 2.27 bits per heavy atom. The minimum atomic E-state index is 0.476. The van der Waals surface area contributed by atoms with Crippen LogP contribution in [0.15, 0.2) is 18.5 Å². The molecule has 0 aromatic carbocycles. The lowest BCUT2D eigenvalue weighted by atomic mass is 10.2. The average molecular weight is 203 g/mol. The van der Waals surface area contributed by atoms with Crippen LogP contribution in [0.1, 0.15) is 12.6 Å². The second-order valence-corrected chi connectivity index (χ2v) is 3.29. The van der Waals surface area contributed by atoms with E-state index >= 15 is 0 Å². The minimum absolute atomic E-state index is 0.476. The van der Waals surface area contributed by atoms with E-state index in [1.54, 1.807) is 12.3 Å². The summed E-state index contributed by atoms with van der Waals surface area (Å²) in [4.78, 5) is 8.34. The fraction of sp³-hybridized carbons (Fsp3) is 0.300. The van der Waals surface area contributed by atoms with Crippen molar-refractivity contribution in [2.45, 2.75) is 20.4 Å². The third-order valence-corrected chi connectivity index (χ3v) is 2.19. The zero-order chi connectivity index (χ0) is 10.8. The normalized spacial score (nSPS) is 10.5. The van der Waals surface area contributed by atoms with Crippen LogP contribution in [0.4, 0.5) is 5.82 Å². The summed E-state index contributed by atoms with van der Waals surface area (Å²) in [7, 11) is 0. The summed E-state index contributed by atoms with van der Waals surface area (Å²) in [6.45, 7) is 4.81. The van der Waals surface area contributed by atoms with Gasteiger partial charge in [0.25, 0.3) is 0 Å². The average Bonchev–Trinajstić information content (AvgIpc) is 2.60. The number of nitrogens with two attached hydrogens (primary N) is 1. The molecule has 2 heterocycles. The van der Waals surface area contributed by atoms with Crippen molar-refractivity contribution in [3.8, 4) is 11.4 Å². The van der Waals surface area contributed by atoms with Crippen LogP contribution in [0.3, 0.4) is 0 Å². The van der Waals surface area contributed by atoms with Crippen LogP contribution >= 0.6 is 0 Å². The van der Waals surface area contributed by atoms with Crippen LogP contribution in [0, 0.1) is 6.92 Å². The fourth-order valence-corrected chi connectivity index (χ4v) is 1.40. The Morgan fingerprint density at radius 3 is 2.87 bits per heavy atom. The smallest absolute Gasteiger partial charge is 0.164 e. The molecule has 0 unspecified atom stereocenters. The van der Waals surface area contributed by atoms with Gasteiger partial charge < -0.3 is 5.73 Å². The summed E-state index contributed by atoms with van der Waals surface area (Å²) in [5.41, 5.74) is 7.46. The lowest BCUT2D eigenvalue weighted by molar-refractivity contribution is 0.653. The summed E-state index contributed by atoms with van der Waals surface area (Å²) in [5.74, 6) is 1.11. The topological polar surface area (TPSA) is 69.6 Å². The summed E-state index contributed by atoms with van der Waals surface area (Å²) in [6.07, 6.45) is 3.59. The number of hydrogen-bond acceptors (Lipinski definition) is 4. The summed E-state index contributed by atoms with van der Waals surface area (Å²) < 4.78 is 1.86. The minimum Gasteiger partial charge on any atom is -0.384 e. The van der Waals surface area contributed by atoms with Crippen molar-refractivity contribution < 1.29 is 0 Å². The van der Waals surface area contributed by atoms with Crippen LogP contribution in [0.2, 0.25) is 0 Å². The quantitative estimate of drug-likeness (QED) is 0.797. The summed E-state index contributed by atoms with van der Waals surface area (Å²) >= 11 is 0. The van der Waals surface area contributed by atoms with Crippen molar-refractivity contribution in [3.63, 3.8) is 0 Å². The van der Waals surface area contributed by atoms with Crippen LogP contribution in [-0.4, -0.2) is 19.7 Å². The van der Waals surface area contributed by atoms with E-state index < -0.39 is 0 Å². The molecule has 0 saturated heterocycles. The zero-order valence-corrected chi connectivity index (χ0v) is 8.81. The SMILES string of the molecule is CCn1cc(-c2nccc(N)n2)c(C)n1. The molecular formula is C10H13N5. The molecule has 0 spiro atoms. The maximum atomic E-state index is 5.61. The van der Waals surface area contributed by atoms with Crippen molar-refractivity contribution in [1.29, 1.82) is 0 Å². The Hall–Kier alpha value is -1.91. The molecule has 2 rings (SSSR count). The molecule has 0 aliphatic heterocycles. The van der Waals surface area contributed by atoms with E-state index in [4.69, 9.17) is 5.73 Å². The second-order valence-electron chi connectivity index (χ2n) is 3.29.